The van der Waals surface area contributed by atoms with Gasteiger partial charge in [-0.15, -0.1) is 0 Å². The molecule has 5 nitrogen and oxygen atoms in total. The minimum absolute atomic E-state index is 0.0160. The number of nitrogens with two attached hydrogens (primary N) is 1. The number of morpholine rings is 1. The predicted octanol–water partition coefficient (Wildman–Crippen LogP) is 1.45. The average Bonchev–Trinajstić information content (AvgIpc) is 2.98. The maximum Gasteiger partial charge on any atom is 0.119 e. The van der Waals surface area contributed by atoms with Gasteiger partial charge in [-0.05, 0) is 44.0 Å². The summed E-state index contributed by atoms with van der Waals surface area (Å²) in [6.07, 6.45) is 2.64. The summed E-state index contributed by atoms with van der Waals surface area (Å²) in [5.74, 6) is 6.68. The smallest absolute Gasteiger partial charge is 0.119 e. The third-order valence-electron chi connectivity index (χ3n) is 4.52. The lowest BCUT2D eigenvalue weighted by Gasteiger charge is -2.38. The highest BCUT2D eigenvalue weighted by atomic mass is 16.5. The molecule has 1 aromatic carbocycles. The second-order valence-corrected chi connectivity index (χ2v) is 5.81. The number of hydrogen-bond donors (Lipinski definition) is 2. The fourth-order valence-electron chi connectivity index (χ4n) is 3.40. The summed E-state index contributed by atoms with van der Waals surface area (Å²) in [6, 6.07) is 8.74. The van der Waals surface area contributed by atoms with Gasteiger partial charge in [0.05, 0.1) is 25.4 Å². The summed E-state index contributed by atoms with van der Waals surface area (Å²) >= 11 is 0. The molecule has 2 aliphatic heterocycles. The van der Waals surface area contributed by atoms with E-state index in [-0.39, 0.29) is 12.1 Å². The van der Waals surface area contributed by atoms with Gasteiger partial charge in [-0.25, -0.2) is 0 Å². The van der Waals surface area contributed by atoms with Crippen LogP contribution in [-0.4, -0.2) is 43.3 Å². The third-order valence-corrected chi connectivity index (χ3v) is 4.52. The second-order valence-electron chi connectivity index (χ2n) is 5.81. The van der Waals surface area contributed by atoms with Gasteiger partial charge in [0, 0.05) is 12.6 Å². The molecule has 0 aliphatic carbocycles. The Labute approximate surface area is 126 Å². The zero-order chi connectivity index (χ0) is 14.7. The maximum atomic E-state index is 6.06. The quantitative estimate of drug-likeness (QED) is 0.635. The highest BCUT2D eigenvalue weighted by molar-refractivity contribution is 5.30. The molecule has 0 bridgehead atoms. The Kier molecular flexibility index (Phi) is 4.75. The maximum absolute atomic E-state index is 6.06. The molecule has 0 saturated carbocycles. The first-order chi connectivity index (χ1) is 10.3. The largest absolute Gasteiger partial charge is 0.494 e. The van der Waals surface area contributed by atoms with E-state index in [9.17, 15) is 0 Å². The Morgan fingerprint density at radius 3 is 2.95 bits per heavy atom. The van der Waals surface area contributed by atoms with Crippen molar-refractivity contribution in [1.29, 1.82) is 0 Å². The number of benzene rings is 1. The predicted molar refractivity (Wildman–Crippen MR) is 82.0 cm³/mol. The molecule has 0 amide bonds. The van der Waals surface area contributed by atoms with E-state index in [1.54, 1.807) is 0 Å². The SMILES string of the molecule is CCOc1ccc(C(NN)C2CN3CCCC3CO2)cc1. The van der Waals surface area contributed by atoms with Gasteiger partial charge in [0.1, 0.15) is 5.75 Å². The van der Waals surface area contributed by atoms with Crippen LogP contribution in [0.25, 0.3) is 0 Å². The molecule has 2 fully saturated rings. The van der Waals surface area contributed by atoms with E-state index in [4.69, 9.17) is 15.3 Å². The zero-order valence-electron chi connectivity index (χ0n) is 12.6. The second kappa shape index (κ2) is 6.75. The molecule has 21 heavy (non-hydrogen) atoms. The summed E-state index contributed by atoms with van der Waals surface area (Å²) in [5, 5.41) is 0. The third kappa shape index (κ3) is 3.21. The molecular formula is C16H25N3O2. The van der Waals surface area contributed by atoms with Crippen molar-refractivity contribution in [3.05, 3.63) is 29.8 Å². The summed E-state index contributed by atoms with van der Waals surface area (Å²) in [4.78, 5) is 2.53. The van der Waals surface area contributed by atoms with Crippen LogP contribution in [0.1, 0.15) is 31.4 Å². The zero-order valence-corrected chi connectivity index (χ0v) is 12.6. The molecule has 0 aromatic heterocycles. The van der Waals surface area contributed by atoms with Crippen LogP contribution in [0, 0.1) is 0 Å². The van der Waals surface area contributed by atoms with Crippen molar-refractivity contribution in [1.82, 2.24) is 10.3 Å². The first kappa shape index (κ1) is 14.8. The lowest BCUT2D eigenvalue weighted by atomic mass is 10.00. The van der Waals surface area contributed by atoms with Crippen molar-refractivity contribution in [2.75, 3.05) is 26.3 Å². The molecule has 3 rings (SSSR count). The Morgan fingerprint density at radius 2 is 2.24 bits per heavy atom. The van der Waals surface area contributed by atoms with E-state index in [1.807, 2.05) is 19.1 Å². The van der Waals surface area contributed by atoms with Crippen molar-refractivity contribution in [3.63, 3.8) is 0 Å². The fourth-order valence-corrected chi connectivity index (χ4v) is 3.40. The van der Waals surface area contributed by atoms with Gasteiger partial charge in [-0.3, -0.25) is 16.2 Å². The Balaban J connectivity index is 1.69. The van der Waals surface area contributed by atoms with Gasteiger partial charge >= 0.3 is 0 Å². The lowest BCUT2D eigenvalue weighted by molar-refractivity contribution is -0.0653. The molecule has 0 radical (unpaired) electrons. The summed E-state index contributed by atoms with van der Waals surface area (Å²) < 4.78 is 11.5. The first-order valence-corrected chi connectivity index (χ1v) is 7.86. The molecule has 2 heterocycles. The number of nitrogens with one attached hydrogen (secondary N) is 1. The standard InChI is InChI=1S/C16H25N3O2/c1-2-20-14-7-5-12(6-8-14)16(18-17)15-10-19-9-3-4-13(19)11-21-15/h5-8,13,15-16,18H,2-4,9-11,17H2,1H3. The molecule has 116 valence electrons. The molecule has 2 saturated heterocycles. The van der Waals surface area contributed by atoms with E-state index >= 15 is 0 Å². The Morgan fingerprint density at radius 1 is 1.43 bits per heavy atom. The fraction of sp³-hybridized carbons (Fsp3) is 0.625. The van der Waals surface area contributed by atoms with Gasteiger partial charge in [0.15, 0.2) is 0 Å². The normalized spacial score (nSPS) is 27.3. The van der Waals surface area contributed by atoms with Gasteiger partial charge in [-0.1, -0.05) is 12.1 Å². The molecule has 1 aromatic rings. The molecular weight excluding hydrogens is 266 g/mol. The van der Waals surface area contributed by atoms with Gasteiger partial charge in [0.25, 0.3) is 0 Å². The van der Waals surface area contributed by atoms with Crippen LogP contribution in [0.2, 0.25) is 0 Å². The average molecular weight is 291 g/mol. The van der Waals surface area contributed by atoms with Crippen LogP contribution in [-0.2, 0) is 4.74 Å². The van der Waals surface area contributed by atoms with E-state index < -0.39 is 0 Å². The number of rotatable bonds is 5. The molecule has 0 spiro atoms. The monoisotopic (exact) mass is 291 g/mol. The van der Waals surface area contributed by atoms with Crippen molar-refractivity contribution < 1.29 is 9.47 Å². The summed E-state index contributed by atoms with van der Waals surface area (Å²) in [5.41, 5.74) is 4.07. The van der Waals surface area contributed by atoms with Crippen LogP contribution in [0.3, 0.4) is 0 Å². The van der Waals surface area contributed by atoms with Gasteiger partial charge in [-0.2, -0.15) is 0 Å². The highest BCUT2D eigenvalue weighted by Crippen LogP contribution is 2.29. The van der Waals surface area contributed by atoms with E-state index in [1.165, 1.54) is 19.4 Å². The number of hydrazine groups is 1. The Bertz CT molecular complexity index is 451. The van der Waals surface area contributed by atoms with Crippen LogP contribution in [0.15, 0.2) is 24.3 Å². The first-order valence-electron chi connectivity index (χ1n) is 7.86. The highest BCUT2D eigenvalue weighted by Gasteiger charge is 2.35. The minimum Gasteiger partial charge on any atom is -0.494 e. The topological polar surface area (TPSA) is 59.8 Å². The summed E-state index contributed by atoms with van der Waals surface area (Å²) in [7, 11) is 0. The minimum atomic E-state index is 0.0160. The molecule has 3 N–H and O–H groups in total. The van der Waals surface area contributed by atoms with Gasteiger partial charge in [0.2, 0.25) is 0 Å². The van der Waals surface area contributed by atoms with Crippen LogP contribution >= 0.6 is 0 Å². The number of fused-ring (bicyclic) bond motifs is 1. The van der Waals surface area contributed by atoms with Crippen LogP contribution in [0.5, 0.6) is 5.75 Å². The van der Waals surface area contributed by atoms with Crippen LogP contribution < -0.4 is 16.0 Å². The van der Waals surface area contributed by atoms with Crippen LogP contribution in [0.4, 0.5) is 0 Å². The van der Waals surface area contributed by atoms with Gasteiger partial charge < -0.3 is 9.47 Å². The lowest BCUT2D eigenvalue weighted by Crippen LogP contribution is -2.51. The molecule has 3 unspecified atom stereocenters. The Hall–Kier alpha value is -1.14. The van der Waals surface area contributed by atoms with Crippen molar-refractivity contribution >= 4 is 0 Å². The molecule has 3 atom stereocenters. The van der Waals surface area contributed by atoms with E-state index in [0.29, 0.717) is 12.6 Å². The number of nitrogens with zero attached hydrogens (tertiary/aromatic N) is 1. The summed E-state index contributed by atoms with van der Waals surface area (Å²) in [6.45, 7) is 5.62. The number of ether oxygens (including phenoxy) is 2. The van der Waals surface area contributed by atoms with Crippen molar-refractivity contribution in [2.24, 2.45) is 5.84 Å². The van der Waals surface area contributed by atoms with Crippen molar-refractivity contribution in [2.45, 2.75) is 38.0 Å². The van der Waals surface area contributed by atoms with E-state index in [2.05, 4.69) is 22.5 Å². The molecule has 2 aliphatic rings. The molecule has 5 heteroatoms. The number of hydrogen-bond acceptors (Lipinski definition) is 5. The van der Waals surface area contributed by atoms with Crippen molar-refractivity contribution in [3.8, 4) is 5.75 Å². The van der Waals surface area contributed by atoms with E-state index in [0.717, 1.165) is 24.5 Å².